The van der Waals surface area contributed by atoms with Gasteiger partial charge in [0.2, 0.25) is 10.0 Å². The summed E-state index contributed by atoms with van der Waals surface area (Å²) in [5.74, 6) is 0.797. The van der Waals surface area contributed by atoms with Gasteiger partial charge in [-0.1, -0.05) is 0 Å². The summed E-state index contributed by atoms with van der Waals surface area (Å²) in [6.45, 7) is 0. The third kappa shape index (κ3) is 5.21. The molecule has 1 aromatic heterocycles. The summed E-state index contributed by atoms with van der Waals surface area (Å²) >= 11 is 1.60. The van der Waals surface area contributed by atoms with Crippen molar-refractivity contribution in [2.24, 2.45) is 5.14 Å². The average molecular weight is 232 g/mol. The molecule has 4 nitrogen and oxygen atoms in total. The van der Waals surface area contributed by atoms with Crippen LogP contribution in [0.2, 0.25) is 0 Å². The highest BCUT2D eigenvalue weighted by atomic mass is 32.2. The van der Waals surface area contributed by atoms with Gasteiger partial charge in [0.05, 0.1) is 5.75 Å². The Labute approximate surface area is 88.0 Å². The smallest absolute Gasteiger partial charge is 0.209 e. The van der Waals surface area contributed by atoms with Gasteiger partial charge in [-0.05, 0) is 24.3 Å². The summed E-state index contributed by atoms with van der Waals surface area (Å²) in [6, 6.07) is 3.78. The van der Waals surface area contributed by atoms with E-state index in [0.29, 0.717) is 6.42 Å². The second-order valence-electron chi connectivity index (χ2n) is 2.75. The van der Waals surface area contributed by atoms with Crippen LogP contribution in [0.15, 0.2) is 29.4 Å². The second-order valence-corrected chi connectivity index (χ2v) is 5.65. The van der Waals surface area contributed by atoms with Crippen molar-refractivity contribution in [1.82, 2.24) is 4.98 Å². The maximum Gasteiger partial charge on any atom is 0.209 e. The first kappa shape index (κ1) is 11.5. The standard InChI is InChI=1S/C8H12N2O2S2/c9-14(11,12)7-1-6-13-8-2-4-10-5-3-8/h2-5H,1,6-7H2,(H2,9,11,12). The van der Waals surface area contributed by atoms with E-state index in [9.17, 15) is 8.42 Å². The van der Waals surface area contributed by atoms with E-state index in [-0.39, 0.29) is 5.75 Å². The summed E-state index contributed by atoms with van der Waals surface area (Å²) < 4.78 is 21.2. The Morgan fingerprint density at radius 1 is 1.36 bits per heavy atom. The molecule has 0 saturated heterocycles. The molecule has 2 N–H and O–H groups in total. The second kappa shape index (κ2) is 5.33. The molecule has 0 aromatic carbocycles. The van der Waals surface area contributed by atoms with E-state index in [4.69, 9.17) is 5.14 Å². The molecule has 0 aliphatic carbocycles. The Morgan fingerprint density at radius 2 is 2.00 bits per heavy atom. The number of nitrogens with two attached hydrogens (primary N) is 1. The van der Waals surface area contributed by atoms with Crippen molar-refractivity contribution in [1.29, 1.82) is 0 Å². The predicted octanol–water partition coefficient (Wildman–Crippen LogP) is 0.852. The van der Waals surface area contributed by atoms with E-state index < -0.39 is 10.0 Å². The van der Waals surface area contributed by atoms with Gasteiger partial charge in [0.15, 0.2) is 0 Å². The number of primary sulfonamides is 1. The molecule has 0 aliphatic rings. The fraction of sp³-hybridized carbons (Fsp3) is 0.375. The first-order valence-electron chi connectivity index (χ1n) is 4.11. The van der Waals surface area contributed by atoms with Crippen LogP contribution in [0.3, 0.4) is 0 Å². The molecule has 0 atom stereocenters. The number of pyridine rings is 1. The number of hydrogen-bond donors (Lipinski definition) is 1. The van der Waals surface area contributed by atoms with Gasteiger partial charge in [-0.2, -0.15) is 0 Å². The molecule has 0 fully saturated rings. The van der Waals surface area contributed by atoms with Gasteiger partial charge < -0.3 is 0 Å². The van der Waals surface area contributed by atoms with Crippen molar-refractivity contribution < 1.29 is 8.42 Å². The number of thioether (sulfide) groups is 1. The third-order valence-electron chi connectivity index (χ3n) is 1.49. The van der Waals surface area contributed by atoms with Gasteiger partial charge in [-0.3, -0.25) is 4.98 Å². The molecular weight excluding hydrogens is 220 g/mol. The predicted molar refractivity (Wildman–Crippen MR) is 57.6 cm³/mol. The lowest BCUT2D eigenvalue weighted by atomic mass is 10.5. The molecule has 0 radical (unpaired) electrons. The lowest BCUT2D eigenvalue weighted by Gasteiger charge is -1.99. The molecule has 0 saturated carbocycles. The zero-order valence-electron chi connectivity index (χ0n) is 7.59. The fourth-order valence-electron chi connectivity index (χ4n) is 0.885. The van der Waals surface area contributed by atoms with Crippen LogP contribution >= 0.6 is 11.8 Å². The van der Waals surface area contributed by atoms with E-state index >= 15 is 0 Å². The Kier molecular flexibility index (Phi) is 4.37. The van der Waals surface area contributed by atoms with Crippen molar-refractivity contribution >= 4 is 21.8 Å². The highest BCUT2D eigenvalue weighted by Gasteiger charge is 2.01. The number of nitrogens with zero attached hydrogens (tertiary/aromatic N) is 1. The molecule has 0 aliphatic heterocycles. The summed E-state index contributed by atoms with van der Waals surface area (Å²) in [4.78, 5) is 4.98. The van der Waals surface area contributed by atoms with Crippen LogP contribution in [0.1, 0.15) is 6.42 Å². The maximum absolute atomic E-state index is 10.6. The molecular formula is C8H12N2O2S2. The molecule has 1 heterocycles. The highest BCUT2D eigenvalue weighted by molar-refractivity contribution is 7.99. The molecule has 78 valence electrons. The monoisotopic (exact) mass is 232 g/mol. The Bertz CT molecular complexity index is 364. The minimum atomic E-state index is -3.30. The molecule has 0 bridgehead atoms. The molecule has 1 aromatic rings. The van der Waals surface area contributed by atoms with Crippen molar-refractivity contribution in [3.63, 3.8) is 0 Å². The van der Waals surface area contributed by atoms with E-state index in [1.54, 1.807) is 24.2 Å². The van der Waals surface area contributed by atoms with Gasteiger partial charge >= 0.3 is 0 Å². The van der Waals surface area contributed by atoms with Crippen LogP contribution in [-0.2, 0) is 10.0 Å². The first-order valence-corrected chi connectivity index (χ1v) is 6.81. The lowest BCUT2D eigenvalue weighted by molar-refractivity contribution is 0.596. The SMILES string of the molecule is NS(=O)(=O)CCCSc1ccncc1. The largest absolute Gasteiger partial charge is 0.265 e. The molecule has 6 heteroatoms. The fourth-order valence-corrected chi connectivity index (χ4v) is 2.45. The summed E-state index contributed by atoms with van der Waals surface area (Å²) in [5, 5.41) is 4.87. The Morgan fingerprint density at radius 3 is 2.57 bits per heavy atom. The van der Waals surface area contributed by atoms with Crippen LogP contribution in [0.5, 0.6) is 0 Å². The summed E-state index contributed by atoms with van der Waals surface area (Å²) in [5.41, 5.74) is 0. The number of rotatable bonds is 5. The average Bonchev–Trinajstić information content (AvgIpc) is 2.13. The van der Waals surface area contributed by atoms with E-state index in [1.165, 1.54) is 0 Å². The number of hydrogen-bond acceptors (Lipinski definition) is 4. The van der Waals surface area contributed by atoms with Crippen LogP contribution in [0, 0.1) is 0 Å². The van der Waals surface area contributed by atoms with Gasteiger partial charge in [-0.15, -0.1) is 11.8 Å². The molecule has 0 unspecified atom stereocenters. The topological polar surface area (TPSA) is 73.1 Å². The van der Waals surface area contributed by atoms with Crippen molar-refractivity contribution in [3.8, 4) is 0 Å². The zero-order valence-corrected chi connectivity index (χ0v) is 9.22. The molecule has 14 heavy (non-hydrogen) atoms. The summed E-state index contributed by atoms with van der Waals surface area (Å²) in [7, 11) is -3.30. The maximum atomic E-state index is 10.6. The van der Waals surface area contributed by atoms with Crippen molar-refractivity contribution in [2.75, 3.05) is 11.5 Å². The quantitative estimate of drug-likeness (QED) is 0.603. The summed E-state index contributed by atoms with van der Waals surface area (Å²) in [6.07, 6.45) is 4.00. The van der Waals surface area contributed by atoms with Crippen LogP contribution < -0.4 is 5.14 Å². The van der Waals surface area contributed by atoms with Gasteiger partial charge in [0.25, 0.3) is 0 Å². The molecule has 0 spiro atoms. The van der Waals surface area contributed by atoms with Crippen LogP contribution in [0.4, 0.5) is 0 Å². The zero-order chi connectivity index (χ0) is 10.4. The van der Waals surface area contributed by atoms with Crippen LogP contribution in [0.25, 0.3) is 0 Å². The van der Waals surface area contributed by atoms with Crippen LogP contribution in [-0.4, -0.2) is 24.9 Å². The highest BCUT2D eigenvalue weighted by Crippen LogP contribution is 2.16. The Balaban J connectivity index is 2.23. The normalized spacial score (nSPS) is 11.5. The van der Waals surface area contributed by atoms with Crippen molar-refractivity contribution in [3.05, 3.63) is 24.5 Å². The molecule has 0 amide bonds. The third-order valence-corrected chi connectivity index (χ3v) is 3.45. The lowest BCUT2D eigenvalue weighted by Crippen LogP contribution is -2.16. The van der Waals surface area contributed by atoms with Gasteiger partial charge in [0, 0.05) is 17.3 Å². The first-order chi connectivity index (χ1) is 6.58. The van der Waals surface area contributed by atoms with Gasteiger partial charge in [0.1, 0.15) is 0 Å². The van der Waals surface area contributed by atoms with E-state index in [0.717, 1.165) is 10.6 Å². The van der Waals surface area contributed by atoms with E-state index in [1.807, 2.05) is 12.1 Å². The van der Waals surface area contributed by atoms with Crippen molar-refractivity contribution in [2.45, 2.75) is 11.3 Å². The minimum absolute atomic E-state index is 0.0467. The number of sulfonamides is 1. The van der Waals surface area contributed by atoms with E-state index in [2.05, 4.69) is 4.98 Å². The van der Waals surface area contributed by atoms with Gasteiger partial charge in [-0.25, -0.2) is 13.6 Å². The molecule has 1 rings (SSSR count). The Hall–Kier alpha value is -0.590. The minimum Gasteiger partial charge on any atom is -0.265 e. The number of aromatic nitrogens is 1.